The molecule has 0 spiro atoms. The van der Waals surface area contributed by atoms with Crippen molar-refractivity contribution in [3.63, 3.8) is 0 Å². The highest BCUT2D eigenvalue weighted by Gasteiger charge is 2.08. The van der Waals surface area contributed by atoms with E-state index >= 15 is 0 Å². The summed E-state index contributed by atoms with van der Waals surface area (Å²) in [5, 5.41) is 32.1. The van der Waals surface area contributed by atoms with Gasteiger partial charge in [0.1, 0.15) is 0 Å². The molecule has 4 N–H and O–H groups in total. The molecule has 0 aromatic heterocycles. The molecular formula is C23H40O12. The molecule has 0 radical (unpaired) electrons. The molecule has 0 unspecified atom stereocenters. The Kier molecular flexibility index (Phi) is 24.9. The predicted octanol–water partition coefficient (Wildman–Crippen LogP) is 3.21. The Bertz CT molecular complexity index is 586. The summed E-state index contributed by atoms with van der Waals surface area (Å²) >= 11 is 0. The third-order valence-corrected chi connectivity index (χ3v) is 3.50. The van der Waals surface area contributed by atoms with E-state index in [1.54, 1.807) is 0 Å². The van der Waals surface area contributed by atoms with E-state index in [4.69, 9.17) is 29.9 Å². The minimum atomic E-state index is -1.08. The van der Waals surface area contributed by atoms with E-state index in [9.17, 15) is 28.8 Å². The molecule has 12 nitrogen and oxygen atoms in total. The molecule has 0 aliphatic carbocycles. The van der Waals surface area contributed by atoms with Crippen molar-refractivity contribution in [3.8, 4) is 0 Å². The first kappa shape index (κ1) is 36.4. The summed E-state index contributed by atoms with van der Waals surface area (Å²) in [7, 11) is 0. The number of carbonyl (C=O) groups is 6. The molecule has 0 saturated carbocycles. The van der Waals surface area contributed by atoms with Crippen LogP contribution in [0.1, 0.15) is 85.5 Å². The standard InChI is InChI=1S/C13H24O4.C6H10O4.C4H6O4/c1-10(2)8-16-12(14)6-5-7-13(15)17-9-11(3)4;7-5(8)3-1-2-4-6(9)10;5-3(6)1-2-4(7)8/h10-11H,5-9H2,1-4H3;1-4H2,(H,7,8)(H,9,10);1-2H2,(H,5,6)(H,7,8). The summed E-state index contributed by atoms with van der Waals surface area (Å²) in [4.78, 5) is 61.5. The zero-order valence-corrected chi connectivity index (χ0v) is 21.0. The number of hydrogen-bond acceptors (Lipinski definition) is 8. The molecule has 0 aromatic rings. The smallest absolute Gasteiger partial charge is 0.305 e. The Morgan fingerprint density at radius 2 is 0.771 bits per heavy atom. The Balaban J connectivity index is -0.000000483. The number of rotatable bonds is 16. The Morgan fingerprint density at radius 1 is 0.486 bits per heavy atom. The van der Waals surface area contributed by atoms with Gasteiger partial charge < -0.3 is 29.9 Å². The predicted molar refractivity (Wildman–Crippen MR) is 124 cm³/mol. The van der Waals surface area contributed by atoms with Gasteiger partial charge in [-0.1, -0.05) is 27.7 Å². The monoisotopic (exact) mass is 508 g/mol. The normalized spacial score (nSPS) is 9.77. The molecule has 0 saturated heterocycles. The first-order valence-electron chi connectivity index (χ1n) is 11.4. The summed E-state index contributed by atoms with van der Waals surface area (Å²) in [5.74, 6) is -3.69. The highest BCUT2D eigenvalue weighted by Crippen LogP contribution is 2.03. The van der Waals surface area contributed by atoms with Crippen molar-refractivity contribution in [1.82, 2.24) is 0 Å². The van der Waals surface area contributed by atoms with Gasteiger partial charge in [0, 0.05) is 25.7 Å². The second-order valence-electron chi connectivity index (χ2n) is 8.29. The van der Waals surface area contributed by atoms with Gasteiger partial charge in [-0.2, -0.15) is 0 Å². The van der Waals surface area contributed by atoms with Crippen LogP contribution in [0.2, 0.25) is 0 Å². The molecule has 0 fully saturated rings. The fraction of sp³-hybridized carbons (Fsp3) is 0.739. The minimum Gasteiger partial charge on any atom is -0.481 e. The van der Waals surface area contributed by atoms with Crippen LogP contribution in [0.4, 0.5) is 0 Å². The summed E-state index contributed by atoms with van der Waals surface area (Å²) in [5.41, 5.74) is 0. The van der Waals surface area contributed by atoms with E-state index in [2.05, 4.69) is 0 Å². The minimum absolute atomic E-state index is 0.0628. The summed E-state index contributed by atoms with van der Waals surface area (Å²) in [6, 6.07) is 0. The number of ether oxygens (including phenoxy) is 2. The lowest BCUT2D eigenvalue weighted by Crippen LogP contribution is -2.12. The number of unbranched alkanes of at least 4 members (excludes halogenated alkanes) is 1. The first-order valence-corrected chi connectivity index (χ1v) is 11.4. The Morgan fingerprint density at radius 3 is 1.00 bits per heavy atom. The van der Waals surface area contributed by atoms with Crippen LogP contribution in [0, 0.1) is 11.8 Å². The quantitative estimate of drug-likeness (QED) is 0.175. The zero-order valence-electron chi connectivity index (χ0n) is 21.0. The van der Waals surface area contributed by atoms with E-state index in [0.717, 1.165) is 0 Å². The number of carboxylic acids is 4. The maximum Gasteiger partial charge on any atom is 0.305 e. The second kappa shape index (κ2) is 24.0. The van der Waals surface area contributed by atoms with Crippen LogP contribution in [-0.4, -0.2) is 69.5 Å². The number of hydrogen-bond donors (Lipinski definition) is 4. The van der Waals surface area contributed by atoms with E-state index < -0.39 is 23.9 Å². The Labute approximate surface area is 205 Å². The lowest BCUT2D eigenvalue weighted by atomic mass is 10.2. The molecule has 0 aliphatic heterocycles. The number of esters is 2. The molecule has 0 aliphatic rings. The molecule has 0 heterocycles. The van der Waals surface area contributed by atoms with Gasteiger partial charge in [0.25, 0.3) is 0 Å². The lowest BCUT2D eigenvalue weighted by Gasteiger charge is -2.08. The van der Waals surface area contributed by atoms with Gasteiger partial charge >= 0.3 is 35.8 Å². The fourth-order valence-electron chi connectivity index (χ4n) is 1.81. The van der Waals surface area contributed by atoms with Crippen molar-refractivity contribution >= 4 is 35.8 Å². The average molecular weight is 509 g/mol. The number of carbonyl (C=O) groups excluding carboxylic acids is 2. The van der Waals surface area contributed by atoms with Gasteiger partial charge in [-0.15, -0.1) is 0 Å². The molecule has 0 amide bonds. The van der Waals surface area contributed by atoms with Gasteiger partial charge in [-0.05, 0) is 31.1 Å². The maximum absolute atomic E-state index is 11.2. The van der Waals surface area contributed by atoms with Crippen molar-refractivity contribution in [1.29, 1.82) is 0 Å². The van der Waals surface area contributed by atoms with Crippen molar-refractivity contribution < 1.29 is 58.7 Å². The largest absolute Gasteiger partial charge is 0.481 e. The molecule has 0 bridgehead atoms. The van der Waals surface area contributed by atoms with Crippen molar-refractivity contribution in [2.45, 2.75) is 85.5 Å². The topological polar surface area (TPSA) is 202 Å². The summed E-state index contributed by atoms with van der Waals surface area (Å²) in [6.07, 6.45) is 1.48. The SMILES string of the molecule is CC(C)COC(=O)CCCC(=O)OCC(C)C.O=C(O)CCC(=O)O.O=C(O)CCCCC(=O)O. The van der Waals surface area contributed by atoms with Gasteiger partial charge in [-0.3, -0.25) is 28.8 Å². The lowest BCUT2D eigenvalue weighted by molar-refractivity contribution is -0.147. The van der Waals surface area contributed by atoms with E-state index in [1.807, 2.05) is 27.7 Å². The zero-order chi connectivity index (χ0) is 27.8. The van der Waals surface area contributed by atoms with Crippen molar-refractivity contribution in [2.24, 2.45) is 11.8 Å². The van der Waals surface area contributed by atoms with Crippen LogP contribution in [-0.2, 0) is 38.2 Å². The van der Waals surface area contributed by atoms with Crippen LogP contribution in [0.5, 0.6) is 0 Å². The molecule has 12 heteroatoms. The number of carboxylic acid groups (broad SMARTS) is 4. The summed E-state index contributed by atoms with van der Waals surface area (Å²) in [6.45, 7) is 8.81. The maximum atomic E-state index is 11.2. The van der Waals surface area contributed by atoms with Gasteiger partial charge in [0.15, 0.2) is 0 Å². The average Bonchev–Trinajstić information content (AvgIpc) is 2.73. The van der Waals surface area contributed by atoms with Crippen LogP contribution in [0.15, 0.2) is 0 Å². The number of aliphatic carboxylic acids is 4. The molecule has 0 rings (SSSR count). The Hall–Kier alpha value is -3.18. The molecular weight excluding hydrogens is 468 g/mol. The van der Waals surface area contributed by atoms with E-state index in [-0.39, 0.29) is 50.5 Å². The highest BCUT2D eigenvalue weighted by molar-refractivity contribution is 5.75. The summed E-state index contributed by atoms with van der Waals surface area (Å²) < 4.78 is 9.98. The molecule has 0 atom stereocenters. The van der Waals surface area contributed by atoms with Crippen LogP contribution in [0.3, 0.4) is 0 Å². The first-order chi connectivity index (χ1) is 16.2. The van der Waals surface area contributed by atoms with Gasteiger partial charge in [0.05, 0.1) is 26.1 Å². The molecule has 0 aromatic carbocycles. The highest BCUT2D eigenvalue weighted by atomic mass is 16.5. The van der Waals surface area contributed by atoms with E-state index in [0.29, 0.717) is 44.3 Å². The third-order valence-electron chi connectivity index (χ3n) is 3.50. The van der Waals surface area contributed by atoms with Gasteiger partial charge in [0.2, 0.25) is 0 Å². The second-order valence-corrected chi connectivity index (χ2v) is 8.29. The van der Waals surface area contributed by atoms with Crippen molar-refractivity contribution in [2.75, 3.05) is 13.2 Å². The van der Waals surface area contributed by atoms with Gasteiger partial charge in [-0.25, -0.2) is 0 Å². The van der Waals surface area contributed by atoms with E-state index in [1.165, 1.54) is 0 Å². The molecule has 35 heavy (non-hydrogen) atoms. The third kappa shape index (κ3) is 41.6. The molecule has 204 valence electrons. The van der Waals surface area contributed by atoms with Crippen LogP contribution < -0.4 is 0 Å². The van der Waals surface area contributed by atoms with Crippen molar-refractivity contribution in [3.05, 3.63) is 0 Å². The van der Waals surface area contributed by atoms with Crippen LogP contribution >= 0.6 is 0 Å². The van der Waals surface area contributed by atoms with Crippen LogP contribution in [0.25, 0.3) is 0 Å². The fourth-order valence-corrected chi connectivity index (χ4v) is 1.81.